The Bertz CT molecular complexity index is 371. The molecular formula is C11H14ClF2NO. The van der Waals surface area contributed by atoms with E-state index in [2.05, 4.69) is 0 Å². The van der Waals surface area contributed by atoms with Gasteiger partial charge in [-0.2, -0.15) is 0 Å². The number of nitrogens with two attached hydrogens (primary N) is 1. The Balaban J connectivity index is 3.02. The SMILES string of the molecule is COc1c(Cl)cc(F)c(F)c1CCCCN. The van der Waals surface area contributed by atoms with Gasteiger partial charge in [-0.05, 0) is 31.9 Å². The second-order valence-corrected chi connectivity index (χ2v) is 3.82. The standard InChI is InChI=1S/C11H14ClF2NO/c1-16-11-7(4-2-3-5-15)10(14)9(13)6-8(11)12/h6H,2-5,15H2,1H3. The fourth-order valence-electron chi connectivity index (χ4n) is 1.52. The molecule has 0 heterocycles. The van der Waals surface area contributed by atoms with Crippen LogP contribution < -0.4 is 10.5 Å². The van der Waals surface area contributed by atoms with Crippen molar-refractivity contribution in [1.82, 2.24) is 0 Å². The van der Waals surface area contributed by atoms with Crippen LogP contribution in [-0.4, -0.2) is 13.7 Å². The number of unbranched alkanes of at least 4 members (excludes halogenated alkanes) is 1. The Morgan fingerprint density at radius 3 is 2.62 bits per heavy atom. The van der Waals surface area contributed by atoms with E-state index in [0.717, 1.165) is 12.5 Å². The lowest BCUT2D eigenvalue weighted by molar-refractivity contribution is 0.397. The summed E-state index contributed by atoms with van der Waals surface area (Å²) in [4.78, 5) is 0. The Kier molecular flexibility index (Phi) is 4.96. The van der Waals surface area contributed by atoms with E-state index in [1.54, 1.807) is 0 Å². The van der Waals surface area contributed by atoms with Crippen LogP contribution in [0.4, 0.5) is 8.78 Å². The highest BCUT2D eigenvalue weighted by atomic mass is 35.5. The summed E-state index contributed by atoms with van der Waals surface area (Å²) < 4.78 is 31.6. The molecule has 0 fully saturated rings. The average Bonchev–Trinajstić information content (AvgIpc) is 2.25. The molecule has 0 aromatic heterocycles. The van der Waals surface area contributed by atoms with Crippen LogP contribution in [0.2, 0.25) is 5.02 Å². The van der Waals surface area contributed by atoms with Crippen LogP contribution >= 0.6 is 11.6 Å². The van der Waals surface area contributed by atoms with Gasteiger partial charge in [0.15, 0.2) is 11.6 Å². The van der Waals surface area contributed by atoms with Gasteiger partial charge < -0.3 is 10.5 Å². The molecule has 5 heteroatoms. The van der Waals surface area contributed by atoms with Crippen molar-refractivity contribution in [1.29, 1.82) is 0 Å². The molecule has 1 aromatic carbocycles. The third kappa shape index (κ3) is 2.83. The van der Waals surface area contributed by atoms with Gasteiger partial charge in [-0.15, -0.1) is 0 Å². The molecule has 0 aliphatic heterocycles. The van der Waals surface area contributed by atoms with Crippen LogP contribution in [0.25, 0.3) is 0 Å². The molecule has 0 unspecified atom stereocenters. The van der Waals surface area contributed by atoms with Crippen LogP contribution in [0.15, 0.2) is 6.07 Å². The van der Waals surface area contributed by atoms with Gasteiger partial charge in [-0.3, -0.25) is 0 Å². The zero-order valence-electron chi connectivity index (χ0n) is 9.03. The molecule has 1 aromatic rings. The zero-order valence-corrected chi connectivity index (χ0v) is 9.78. The molecule has 0 radical (unpaired) electrons. The largest absolute Gasteiger partial charge is 0.495 e. The first-order valence-corrected chi connectivity index (χ1v) is 5.40. The van der Waals surface area contributed by atoms with Gasteiger partial charge in [0.05, 0.1) is 12.1 Å². The summed E-state index contributed by atoms with van der Waals surface area (Å²) in [5.74, 6) is -1.63. The molecular weight excluding hydrogens is 236 g/mol. The van der Waals surface area contributed by atoms with Crippen molar-refractivity contribution in [2.45, 2.75) is 19.3 Å². The molecule has 0 atom stereocenters. The summed E-state index contributed by atoms with van der Waals surface area (Å²) in [6.07, 6.45) is 1.78. The molecule has 90 valence electrons. The topological polar surface area (TPSA) is 35.2 Å². The Labute approximate surface area is 98.3 Å². The molecule has 2 nitrogen and oxygen atoms in total. The van der Waals surface area contributed by atoms with Crippen molar-refractivity contribution in [2.24, 2.45) is 5.73 Å². The minimum absolute atomic E-state index is 0.0872. The predicted octanol–water partition coefficient (Wildman–Crippen LogP) is 2.91. The molecule has 0 amide bonds. The van der Waals surface area contributed by atoms with Gasteiger partial charge in [-0.1, -0.05) is 11.6 Å². The van der Waals surface area contributed by atoms with E-state index >= 15 is 0 Å². The van der Waals surface area contributed by atoms with Gasteiger partial charge in [0.1, 0.15) is 5.75 Å². The summed E-state index contributed by atoms with van der Waals surface area (Å²) in [7, 11) is 1.38. The molecule has 0 bridgehead atoms. The Morgan fingerprint density at radius 1 is 1.38 bits per heavy atom. The maximum absolute atomic E-state index is 13.5. The quantitative estimate of drug-likeness (QED) is 0.643. The van der Waals surface area contributed by atoms with Crippen LogP contribution in [0.1, 0.15) is 18.4 Å². The highest BCUT2D eigenvalue weighted by Gasteiger charge is 2.17. The molecule has 0 aliphatic carbocycles. The van der Waals surface area contributed by atoms with Crippen LogP contribution in [0.3, 0.4) is 0 Å². The van der Waals surface area contributed by atoms with Crippen molar-refractivity contribution in [3.63, 3.8) is 0 Å². The number of ether oxygens (including phenoxy) is 1. The van der Waals surface area contributed by atoms with E-state index in [9.17, 15) is 8.78 Å². The minimum atomic E-state index is -0.950. The third-order valence-electron chi connectivity index (χ3n) is 2.30. The lowest BCUT2D eigenvalue weighted by Gasteiger charge is -2.11. The molecule has 0 aliphatic rings. The smallest absolute Gasteiger partial charge is 0.165 e. The zero-order chi connectivity index (χ0) is 12.1. The van der Waals surface area contributed by atoms with Crippen molar-refractivity contribution >= 4 is 11.6 Å². The van der Waals surface area contributed by atoms with Crippen LogP contribution in [0, 0.1) is 11.6 Å². The van der Waals surface area contributed by atoms with Gasteiger partial charge >= 0.3 is 0 Å². The van der Waals surface area contributed by atoms with Gasteiger partial charge in [-0.25, -0.2) is 8.78 Å². The summed E-state index contributed by atoms with van der Waals surface area (Å²) >= 11 is 5.76. The summed E-state index contributed by atoms with van der Waals surface area (Å²) in [5, 5.41) is 0.0872. The lowest BCUT2D eigenvalue weighted by Crippen LogP contribution is -2.03. The van der Waals surface area contributed by atoms with E-state index in [0.29, 0.717) is 19.4 Å². The lowest BCUT2D eigenvalue weighted by atomic mass is 10.1. The molecule has 0 saturated heterocycles. The first-order valence-electron chi connectivity index (χ1n) is 5.02. The molecule has 2 N–H and O–H groups in total. The van der Waals surface area contributed by atoms with E-state index in [-0.39, 0.29) is 16.3 Å². The van der Waals surface area contributed by atoms with Gasteiger partial charge in [0, 0.05) is 5.56 Å². The number of rotatable bonds is 5. The minimum Gasteiger partial charge on any atom is -0.495 e. The highest BCUT2D eigenvalue weighted by Crippen LogP contribution is 2.33. The predicted molar refractivity (Wildman–Crippen MR) is 59.9 cm³/mol. The van der Waals surface area contributed by atoms with E-state index in [1.807, 2.05) is 0 Å². The summed E-state index contributed by atoms with van der Waals surface area (Å²) in [6.45, 7) is 0.521. The van der Waals surface area contributed by atoms with Gasteiger partial charge in [0.2, 0.25) is 0 Å². The maximum atomic E-state index is 13.5. The third-order valence-corrected chi connectivity index (χ3v) is 2.58. The molecule has 0 spiro atoms. The van der Waals surface area contributed by atoms with Crippen molar-refractivity contribution in [3.8, 4) is 5.75 Å². The van der Waals surface area contributed by atoms with Crippen molar-refractivity contribution < 1.29 is 13.5 Å². The monoisotopic (exact) mass is 249 g/mol. The first-order chi connectivity index (χ1) is 7.61. The maximum Gasteiger partial charge on any atom is 0.165 e. The second-order valence-electron chi connectivity index (χ2n) is 3.41. The highest BCUT2D eigenvalue weighted by molar-refractivity contribution is 6.32. The van der Waals surface area contributed by atoms with E-state index in [1.165, 1.54) is 7.11 Å². The Hall–Kier alpha value is -0.870. The number of halogens is 3. The van der Waals surface area contributed by atoms with Crippen LogP contribution in [0.5, 0.6) is 5.75 Å². The average molecular weight is 250 g/mol. The van der Waals surface area contributed by atoms with Crippen LogP contribution in [-0.2, 0) is 6.42 Å². The fourth-order valence-corrected chi connectivity index (χ4v) is 1.81. The normalized spacial score (nSPS) is 10.6. The van der Waals surface area contributed by atoms with Gasteiger partial charge in [0.25, 0.3) is 0 Å². The Morgan fingerprint density at radius 2 is 2.06 bits per heavy atom. The summed E-state index contributed by atoms with van der Waals surface area (Å²) in [6, 6.07) is 0.919. The number of hydrogen-bond acceptors (Lipinski definition) is 2. The number of methoxy groups -OCH3 is 1. The molecule has 0 saturated carbocycles. The number of hydrogen-bond donors (Lipinski definition) is 1. The first kappa shape index (κ1) is 13.2. The van der Waals surface area contributed by atoms with Crippen molar-refractivity contribution in [3.05, 3.63) is 28.3 Å². The van der Waals surface area contributed by atoms with E-state index in [4.69, 9.17) is 22.1 Å². The molecule has 1 rings (SSSR count). The van der Waals surface area contributed by atoms with Crippen molar-refractivity contribution in [2.75, 3.05) is 13.7 Å². The summed E-state index contributed by atoms with van der Waals surface area (Å²) in [5.41, 5.74) is 5.52. The second kappa shape index (κ2) is 6.01. The van der Waals surface area contributed by atoms with E-state index < -0.39 is 11.6 Å². The molecule has 16 heavy (non-hydrogen) atoms. The fraction of sp³-hybridized carbons (Fsp3) is 0.455. The number of benzene rings is 1.